The minimum absolute atomic E-state index is 0.0465. The van der Waals surface area contributed by atoms with Crippen molar-refractivity contribution in [1.82, 2.24) is 9.47 Å². The van der Waals surface area contributed by atoms with Crippen LogP contribution in [0.4, 0.5) is 13.2 Å². The van der Waals surface area contributed by atoms with Crippen LogP contribution in [0.15, 0.2) is 53.3 Å². The molecule has 0 aliphatic carbocycles. The molecule has 0 saturated heterocycles. The Balaban J connectivity index is 2.07. The number of nitrogens with zero attached hydrogens (tertiary/aromatic N) is 2. The second-order valence-corrected chi connectivity index (χ2v) is 6.73. The van der Waals surface area contributed by atoms with E-state index in [4.69, 9.17) is 0 Å². The van der Waals surface area contributed by atoms with Crippen molar-refractivity contribution in [3.8, 4) is 0 Å². The van der Waals surface area contributed by atoms with Gasteiger partial charge in [-0.05, 0) is 30.7 Å². The summed E-state index contributed by atoms with van der Waals surface area (Å²) in [4.78, 5) is 26.4. The van der Waals surface area contributed by atoms with Gasteiger partial charge in [0, 0.05) is 17.3 Å². The van der Waals surface area contributed by atoms with Crippen LogP contribution < -0.4 is 5.43 Å². The number of carbonyl (C=O) groups excluding carboxylic acids is 1. The predicted octanol–water partition coefficient (Wildman–Crippen LogP) is 4.35. The molecule has 0 radical (unpaired) electrons. The Bertz CT molecular complexity index is 997. The molecule has 0 unspecified atom stereocenters. The summed E-state index contributed by atoms with van der Waals surface area (Å²) >= 11 is 0. The first-order valence-corrected chi connectivity index (χ1v) is 9.16. The van der Waals surface area contributed by atoms with E-state index in [1.807, 2.05) is 6.92 Å². The number of aromatic nitrogens is 1. The number of unbranched alkanes of at least 4 members (excludes halogenated alkanes) is 1. The lowest BCUT2D eigenvalue weighted by molar-refractivity contribution is -0.161. The van der Waals surface area contributed by atoms with Crippen molar-refractivity contribution in [3.05, 3.63) is 58.8 Å². The zero-order valence-corrected chi connectivity index (χ0v) is 15.5. The molecule has 4 nitrogen and oxygen atoms in total. The van der Waals surface area contributed by atoms with E-state index in [0.717, 1.165) is 4.90 Å². The van der Waals surface area contributed by atoms with Crippen molar-refractivity contribution >= 4 is 27.7 Å². The van der Waals surface area contributed by atoms with Gasteiger partial charge in [0.15, 0.2) is 5.43 Å². The molecule has 148 valence electrons. The van der Waals surface area contributed by atoms with E-state index in [-0.39, 0.29) is 18.5 Å². The maximum Gasteiger partial charge on any atom is 0.406 e. The molecule has 0 saturated carbocycles. The van der Waals surface area contributed by atoms with Gasteiger partial charge in [-0.3, -0.25) is 9.59 Å². The maximum absolute atomic E-state index is 12.9. The highest BCUT2D eigenvalue weighted by Gasteiger charge is 2.32. The quantitative estimate of drug-likeness (QED) is 0.588. The minimum atomic E-state index is -4.46. The van der Waals surface area contributed by atoms with Crippen LogP contribution in [0, 0.1) is 0 Å². The fourth-order valence-electron chi connectivity index (χ4n) is 3.34. The number of carbonyl (C=O) groups is 1. The van der Waals surface area contributed by atoms with E-state index in [9.17, 15) is 22.8 Å². The molecule has 1 amide bonds. The molecule has 0 aliphatic rings. The van der Waals surface area contributed by atoms with Crippen LogP contribution in [0.3, 0.4) is 0 Å². The SMILES string of the molecule is CCCCN(CC(F)(F)F)C(=O)Cn1c2ccccc2c(=O)c2ccccc21. The van der Waals surface area contributed by atoms with Crippen molar-refractivity contribution in [2.45, 2.75) is 32.5 Å². The van der Waals surface area contributed by atoms with Crippen molar-refractivity contribution in [3.63, 3.8) is 0 Å². The normalized spacial score (nSPS) is 11.9. The van der Waals surface area contributed by atoms with Crippen LogP contribution in [0.25, 0.3) is 21.8 Å². The van der Waals surface area contributed by atoms with Gasteiger partial charge in [0.2, 0.25) is 5.91 Å². The number of para-hydroxylation sites is 2. The highest BCUT2D eigenvalue weighted by atomic mass is 19.4. The molecule has 1 heterocycles. The third-order valence-corrected chi connectivity index (χ3v) is 4.68. The highest BCUT2D eigenvalue weighted by Crippen LogP contribution is 2.21. The van der Waals surface area contributed by atoms with Crippen LogP contribution in [0.2, 0.25) is 0 Å². The molecule has 2 aromatic carbocycles. The summed E-state index contributed by atoms with van der Waals surface area (Å²) in [5, 5.41) is 0.870. The molecule has 28 heavy (non-hydrogen) atoms. The Morgan fingerprint density at radius 2 is 1.54 bits per heavy atom. The molecule has 3 aromatic rings. The average molecular weight is 390 g/mol. The molecule has 0 bridgehead atoms. The lowest BCUT2D eigenvalue weighted by Crippen LogP contribution is -2.41. The highest BCUT2D eigenvalue weighted by molar-refractivity contribution is 5.94. The van der Waals surface area contributed by atoms with Crippen LogP contribution in [0.1, 0.15) is 19.8 Å². The molecule has 0 fully saturated rings. The Labute approximate surface area is 160 Å². The molecule has 0 spiro atoms. The number of alkyl halides is 3. The first-order valence-electron chi connectivity index (χ1n) is 9.16. The Hall–Kier alpha value is -2.83. The van der Waals surface area contributed by atoms with E-state index >= 15 is 0 Å². The number of rotatable bonds is 6. The second kappa shape index (κ2) is 8.04. The molecular formula is C21H21F3N2O2. The van der Waals surface area contributed by atoms with E-state index in [1.165, 1.54) is 0 Å². The van der Waals surface area contributed by atoms with Gasteiger partial charge in [-0.1, -0.05) is 37.6 Å². The molecule has 7 heteroatoms. The molecular weight excluding hydrogens is 369 g/mol. The monoisotopic (exact) mass is 390 g/mol. The Morgan fingerprint density at radius 1 is 1.00 bits per heavy atom. The molecule has 1 aromatic heterocycles. The number of fused-ring (bicyclic) bond motifs is 2. The summed E-state index contributed by atoms with van der Waals surface area (Å²) in [6.07, 6.45) is -3.28. The predicted molar refractivity (Wildman–Crippen MR) is 103 cm³/mol. The number of pyridine rings is 1. The first kappa shape index (κ1) is 19.9. The minimum Gasteiger partial charge on any atom is -0.332 e. The molecule has 0 N–H and O–H groups in total. The fraction of sp³-hybridized carbons (Fsp3) is 0.333. The smallest absolute Gasteiger partial charge is 0.332 e. The van der Waals surface area contributed by atoms with Crippen LogP contribution >= 0.6 is 0 Å². The number of amides is 1. The van der Waals surface area contributed by atoms with E-state index in [1.54, 1.807) is 53.1 Å². The van der Waals surface area contributed by atoms with Crippen LogP contribution in [-0.4, -0.2) is 34.6 Å². The van der Waals surface area contributed by atoms with E-state index in [2.05, 4.69) is 0 Å². The zero-order valence-electron chi connectivity index (χ0n) is 15.5. The van der Waals surface area contributed by atoms with E-state index in [0.29, 0.717) is 34.6 Å². The van der Waals surface area contributed by atoms with Gasteiger partial charge in [0.05, 0.1) is 11.0 Å². The third kappa shape index (κ3) is 4.18. The van der Waals surface area contributed by atoms with Gasteiger partial charge in [0.1, 0.15) is 13.1 Å². The summed E-state index contributed by atoms with van der Waals surface area (Å²) < 4.78 is 40.5. The largest absolute Gasteiger partial charge is 0.406 e. The van der Waals surface area contributed by atoms with Crippen LogP contribution in [-0.2, 0) is 11.3 Å². The molecule has 0 atom stereocenters. The summed E-state index contributed by atoms with van der Waals surface area (Å²) in [5.74, 6) is -0.621. The summed E-state index contributed by atoms with van der Waals surface area (Å²) in [6, 6.07) is 13.7. The van der Waals surface area contributed by atoms with Gasteiger partial charge in [-0.25, -0.2) is 0 Å². The van der Waals surface area contributed by atoms with Gasteiger partial charge in [-0.2, -0.15) is 13.2 Å². The number of hydrogen-bond acceptors (Lipinski definition) is 2. The lowest BCUT2D eigenvalue weighted by Gasteiger charge is -2.25. The fourth-order valence-corrected chi connectivity index (χ4v) is 3.34. The van der Waals surface area contributed by atoms with Gasteiger partial charge < -0.3 is 9.47 Å². The zero-order chi connectivity index (χ0) is 20.3. The number of halogens is 3. The van der Waals surface area contributed by atoms with Gasteiger partial charge in [-0.15, -0.1) is 0 Å². The molecule has 3 rings (SSSR count). The Morgan fingerprint density at radius 3 is 2.04 bits per heavy atom. The average Bonchev–Trinajstić information content (AvgIpc) is 2.67. The topological polar surface area (TPSA) is 42.3 Å². The van der Waals surface area contributed by atoms with Crippen molar-refractivity contribution in [2.24, 2.45) is 0 Å². The van der Waals surface area contributed by atoms with Crippen molar-refractivity contribution in [2.75, 3.05) is 13.1 Å². The van der Waals surface area contributed by atoms with Gasteiger partial charge in [0.25, 0.3) is 0 Å². The van der Waals surface area contributed by atoms with Crippen LogP contribution in [0.5, 0.6) is 0 Å². The number of benzene rings is 2. The van der Waals surface area contributed by atoms with Gasteiger partial charge >= 0.3 is 6.18 Å². The maximum atomic E-state index is 12.9. The molecule has 0 aliphatic heterocycles. The second-order valence-electron chi connectivity index (χ2n) is 6.73. The van der Waals surface area contributed by atoms with E-state index < -0.39 is 18.6 Å². The summed E-state index contributed by atoms with van der Waals surface area (Å²) in [6.45, 7) is 0.368. The Kier molecular flexibility index (Phi) is 5.72. The standard InChI is InChI=1S/C21H21F3N2O2/c1-2-3-12-25(14-21(22,23)24)19(27)13-26-17-10-6-4-8-15(17)20(28)16-9-5-7-11-18(16)26/h4-11H,2-3,12-14H2,1H3. The van der Waals surface area contributed by atoms with Crippen molar-refractivity contribution in [1.29, 1.82) is 0 Å². The number of hydrogen-bond donors (Lipinski definition) is 0. The summed E-state index contributed by atoms with van der Waals surface area (Å²) in [7, 11) is 0. The lowest BCUT2D eigenvalue weighted by atomic mass is 10.1. The first-order chi connectivity index (χ1) is 13.3. The van der Waals surface area contributed by atoms with Crippen molar-refractivity contribution < 1.29 is 18.0 Å². The third-order valence-electron chi connectivity index (χ3n) is 4.68. The summed E-state index contributed by atoms with van der Waals surface area (Å²) in [5.41, 5.74) is 0.900.